The minimum absolute atomic E-state index is 0.0182. The third-order valence-corrected chi connectivity index (χ3v) is 4.94. The number of rotatable bonds is 5. The molecule has 4 rings (SSSR count). The van der Waals surface area contributed by atoms with E-state index in [0.29, 0.717) is 17.1 Å². The van der Waals surface area contributed by atoms with Crippen molar-refractivity contribution in [3.8, 4) is 11.4 Å². The van der Waals surface area contributed by atoms with Crippen molar-refractivity contribution in [3.63, 3.8) is 0 Å². The lowest BCUT2D eigenvalue weighted by Crippen LogP contribution is -2.16. The van der Waals surface area contributed by atoms with Crippen molar-refractivity contribution in [2.24, 2.45) is 0 Å². The number of anilines is 1. The van der Waals surface area contributed by atoms with Gasteiger partial charge in [-0.3, -0.25) is 4.79 Å². The first kappa shape index (κ1) is 20.4. The van der Waals surface area contributed by atoms with Crippen LogP contribution in [0.5, 0.6) is 0 Å². The summed E-state index contributed by atoms with van der Waals surface area (Å²) >= 11 is 0. The average molecular weight is 419 g/mol. The summed E-state index contributed by atoms with van der Waals surface area (Å²) in [6.07, 6.45) is 1.51. The number of aromatic nitrogens is 6. The number of aryl methyl sites for hydroxylation is 2. The highest BCUT2D eigenvalue weighted by atomic mass is 19.1. The SMILES string of the molecule is Cc1ccc(-n2ncc(C(=O)Nc3cc(-n4nnnc4C)ccc3F)c2C(C)C)cc1. The van der Waals surface area contributed by atoms with Crippen LogP contribution in [0.15, 0.2) is 48.7 Å². The first-order valence-corrected chi connectivity index (χ1v) is 9.86. The molecule has 31 heavy (non-hydrogen) atoms. The van der Waals surface area contributed by atoms with Crippen molar-refractivity contribution in [1.82, 2.24) is 30.0 Å². The minimum Gasteiger partial charge on any atom is -0.319 e. The van der Waals surface area contributed by atoms with E-state index in [-0.39, 0.29) is 11.6 Å². The Morgan fingerprint density at radius 1 is 1.03 bits per heavy atom. The lowest BCUT2D eigenvalue weighted by atomic mass is 10.0. The number of halogens is 1. The quantitative estimate of drug-likeness (QED) is 0.528. The summed E-state index contributed by atoms with van der Waals surface area (Å²) in [6.45, 7) is 7.71. The van der Waals surface area contributed by atoms with E-state index in [1.54, 1.807) is 17.7 Å². The second kappa shape index (κ2) is 8.10. The molecule has 4 aromatic rings. The van der Waals surface area contributed by atoms with Crippen LogP contribution in [0.25, 0.3) is 11.4 Å². The van der Waals surface area contributed by atoms with Gasteiger partial charge in [-0.2, -0.15) is 9.78 Å². The Balaban J connectivity index is 1.68. The minimum atomic E-state index is -0.556. The van der Waals surface area contributed by atoms with Crippen LogP contribution in [0.3, 0.4) is 0 Å². The molecule has 0 aliphatic rings. The van der Waals surface area contributed by atoms with Gasteiger partial charge in [0.2, 0.25) is 0 Å². The molecule has 1 N–H and O–H groups in total. The maximum absolute atomic E-state index is 14.5. The number of hydrogen-bond donors (Lipinski definition) is 1. The zero-order valence-corrected chi connectivity index (χ0v) is 17.7. The highest BCUT2D eigenvalue weighted by Crippen LogP contribution is 2.25. The van der Waals surface area contributed by atoms with Crippen LogP contribution < -0.4 is 5.32 Å². The summed E-state index contributed by atoms with van der Waals surface area (Å²) in [5, 5.41) is 18.4. The van der Waals surface area contributed by atoms with Gasteiger partial charge in [0.1, 0.15) is 5.82 Å². The molecule has 0 fully saturated rings. The van der Waals surface area contributed by atoms with Gasteiger partial charge < -0.3 is 5.32 Å². The lowest BCUT2D eigenvalue weighted by Gasteiger charge is -2.14. The van der Waals surface area contributed by atoms with E-state index in [2.05, 4.69) is 25.9 Å². The molecule has 0 saturated heterocycles. The smallest absolute Gasteiger partial charge is 0.259 e. The van der Waals surface area contributed by atoms with Crippen molar-refractivity contribution >= 4 is 11.6 Å². The maximum Gasteiger partial charge on any atom is 0.259 e. The number of amides is 1. The van der Waals surface area contributed by atoms with Gasteiger partial charge >= 0.3 is 0 Å². The van der Waals surface area contributed by atoms with Crippen molar-refractivity contribution in [2.45, 2.75) is 33.6 Å². The molecular weight excluding hydrogens is 397 g/mol. The van der Waals surface area contributed by atoms with E-state index < -0.39 is 11.7 Å². The zero-order chi connectivity index (χ0) is 22.1. The first-order valence-electron chi connectivity index (χ1n) is 9.86. The molecule has 0 bridgehead atoms. The third-order valence-electron chi connectivity index (χ3n) is 4.94. The number of nitrogens with zero attached hydrogens (tertiary/aromatic N) is 6. The van der Waals surface area contributed by atoms with Crippen LogP contribution >= 0.6 is 0 Å². The van der Waals surface area contributed by atoms with Crippen LogP contribution in [0.2, 0.25) is 0 Å². The predicted molar refractivity (Wildman–Crippen MR) is 114 cm³/mol. The normalized spacial score (nSPS) is 11.2. The molecule has 0 spiro atoms. The van der Waals surface area contributed by atoms with E-state index in [1.807, 2.05) is 45.0 Å². The zero-order valence-electron chi connectivity index (χ0n) is 17.7. The average Bonchev–Trinajstić information content (AvgIpc) is 3.37. The summed E-state index contributed by atoms with van der Waals surface area (Å²) in [7, 11) is 0. The fourth-order valence-corrected chi connectivity index (χ4v) is 3.38. The Kier molecular flexibility index (Phi) is 5.33. The predicted octanol–water partition coefficient (Wildman–Crippen LogP) is 3.98. The Labute approximate surface area is 178 Å². The molecule has 8 nitrogen and oxygen atoms in total. The second-order valence-electron chi connectivity index (χ2n) is 7.60. The summed E-state index contributed by atoms with van der Waals surface area (Å²) in [5.74, 6) is -0.429. The summed E-state index contributed by atoms with van der Waals surface area (Å²) < 4.78 is 17.7. The lowest BCUT2D eigenvalue weighted by molar-refractivity contribution is 0.102. The standard InChI is InChI=1S/C22H22FN7O/c1-13(2)21-18(12-24-30(21)16-7-5-14(3)6-8-16)22(31)25-20-11-17(9-10-19(20)23)29-15(4)26-27-28-29/h5-13H,1-4H3,(H,25,31). The van der Waals surface area contributed by atoms with Gasteiger partial charge in [-0.05, 0) is 60.5 Å². The molecule has 1 amide bonds. The molecule has 2 aromatic carbocycles. The number of benzene rings is 2. The summed E-state index contributed by atoms with van der Waals surface area (Å²) in [6, 6.07) is 12.2. The molecule has 9 heteroatoms. The number of nitrogens with one attached hydrogen (secondary N) is 1. The van der Waals surface area contributed by atoms with Gasteiger partial charge in [0.15, 0.2) is 5.82 Å². The van der Waals surface area contributed by atoms with E-state index in [4.69, 9.17) is 0 Å². The largest absolute Gasteiger partial charge is 0.319 e. The number of tetrazole rings is 1. The Bertz CT molecular complexity index is 1240. The number of carbonyl (C=O) groups excluding carboxylic acids is 1. The van der Waals surface area contributed by atoms with Crippen molar-refractivity contribution in [1.29, 1.82) is 0 Å². The Hall–Kier alpha value is -3.88. The Morgan fingerprint density at radius 3 is 2.39 bits per heavy atom. The van der Waals surface area contributed by atoms with E-state index in [0.717, 1.165) is 16.9 Å². The maximum atomic E-state index is 14.5. The monoisotopic (exact) mass is 419 g/mol. The molecule has 2 aromatic heterocycles. The third kappa shape index (κ3) is 3.94. The van der Waals surface area contributed by atoms with Gasteiger partial charge in [-0.15, -0.1) is 5.10 Å². The highest BCUT2D eigenvalue weighted by Gasteiger charge is 2.22. The molecule has 0 aliphatic carbocycles. The molecule has 0 atom stereocenters. The van der Waals surface area contributed by atoms with Gasteiger partial charge in [0.05, 0.1) is 34.5 Å². The molecule has 0 unspecified atom stereocenters. The van der Waals surface area contributed by atoms with Gasteiger partial charge in [0, 0.05) is 0 Å². The Morgan fingerprint density at radius 2 is 1.74 bits per heavy atom. The van der Waals surface area contributed by atoms with Crippen LogP contribution in [-0.2, 0) is 0 Å². The van der Waals surface area contributed by atoms with Crippen LogP contribution in [-0.4, -0.2) is 35.9 Å². The number of carbonyl (C=O) groups is 1. The van der Waals surface area contributed by atoms with Crippen molar-refractivity contribution < 1.29 is 9.18 Å². The fourth-order valence-electron chi connectivity index (χ4n) is 3.38. The van der Waals surface area contributed by atoms with E-state index in [9.17, 15) is 9.18 Å². The highest BCUT2D eigenvalue weighted by molar-refractivity contribution is 6.05. The topological polar surface area (TPSA) is 90.5 Å². The molecule has 158 valence electrons. The molecule has 2 heterocycles. The van der Waals surface area contributed by atoms with Crippen molar-refractivity contribution in [2.75, 3.05) is 5.32 Å². The van der Waals surface area contributed by atoms with E-state index in [1.165, 1.54) is 23.0 Å². The summed E-state index contributed by atoms with van der Waals surface area (Å²) in [5.41, 5.74) is 3.70. The van der Waals surface area contributed by atoms with Crippen LogP contribution in [0, 0.1) is 19.7 Å². The second-order valence-corrected chi connectivity index (χ2v) is 7.60. The van der Waals surface area contributed by atoms with Crippen molar-refractivity contribution in [3.05, 3.63) is 77.1 Å². The van der Waals surface area contributed by atoms with Gasteiger partial charge in [-0.25, -0.2) is 9.07 Å². The van der Waals surface area contributed by atoms with Gasteiger partial charge in [0.25, 0.3) is 5.91 Å². The van der Waals surface area contributed by atoms with E-state index >= 15 is 0 Å². The van der Waals surface area contributed by atoms with Crippen LogP contribution in [0.4, 0.5) is 10.1 Å². The number of hydrogen-bond acceptors (Lipinski definition) is 5. The van der Waals surface area contributed by atoms with Crippen LogP contribution in [0.1, 0.15) is 47.2 Å². The van der Waals surface area contributed by atoms with Gasteiger partial charge in [-0.1, -0.05) is 31.5 Å². The summed E-state index contributed by atoms with van der Waals surface area (Å²) in [4.78, 5) is 13.1. The molecule has 0 radical (unpaired) electrons. The fraction of sp³-hybridized carbons (Fsp3) is 0.227. The molecule has 0 saturated carbocycles. The molecule has 0 aliphatic heterocycles. The molecular formula is C22H22FN7O. The first-order chi connectivity index (χ1) is 14.8.